The van der Waals surface area contributed by atoms with Crippen LogP contribution in [0.2, 0.25) is 0 Å². The van der Waals surface area contributed by atoms with Crippen LogP contribution in [0.25, 0.3) is 0 Å². The van der Waals surface area contributed by atoms with E-state index in [-0.39, 0.29) is 7.92 Å². The fourth-order valence-electron chi connectivity index (χ4n) is 1.12. The maximum Gasteiger partial charge on any atom is 0.237 e. The Balaban J connectivity index is 2.94. The highest BCUT2D eigenvalue weighted by molar-refractivity contribution is 7.63. The Bertz CT molecular complexity index is 371. The molecule has 0 saturated heterocycles. The van der Waals surface area contributed by atoms with E-state index in [1.54, 1.807) is 7.11 Å². The van der Waals surface area contributed by atoms with Crippen molar-refractivity contribution in [3.8, 4) is 18.2 Å². The van der Waals surface area contributed by atoms with Gasteiger partial charge in [0.2, 0.25) is 5.88 Å². The molecular formula is C11H15N2OP. The van der Waals surface area contributed by atoms with E-state index in [1.807, 2.05) is 12.1 Å². The van der Waals surface area contributed by atoms with Crippen molar-refractivity contribution in [3.05, 3.63) is 12.1 Å². The van der Waals surface area contributed by atoms with Crippen molar-refractivity contribution in [1.29, 1.82) is 0 Å². The van der Waals surface area contributed by atoms with E-state index in [9.17, 15) is 0 Å². The molecular weight excluding hydrogens is 207 g/mol. The van der Waals surface area contributed by atoms with Gasteiger partial charge in [0.05, 0.1) is 24.8 Å². The average Bonchev–Trinajstić information content (AvgIpc) is 2.25. The normalized spacial score (nSPS) is 9.80. The predicted octanol–water partition coefficient (Wildman–Crippen LogP) is 1.50. The predicted molar refractivity (Wildman–Crippen MR) is 66.5 cm³/mol. The molecule has 0 bridgehead atoms. The van der Waals surface area contributed by atoms with E-state index in [1.165, 1.54) is 0 Å². The number of hydrogen-bond acceptors (Lipinski definition) is 3. The summed E-state index contributed by atoms with van der Waals surface area (Å²) >= 11 is 0. The van der Waals surface area contributed by atoms with Crippen LogP contribution in [0.4, 0.5) is 5.69 Å². The van der Waals surface area contributed by atoms with Crippen LogP contribution in [0.5, 0.6) is 5.88 Å². The number of pyridine rings is 1. The number of anilines is 1. The van der Waals surface area contributed by atoms with Gasteiger partial charge in [-0.2, -0.15) is 0 Å². The first kappa shape index (κ1) is 11.8. The third-order valence-corrected chi connectivity index (χ3v) is 3.04. The molecule has 0 amide bonds. The zero-order valence-electron chi connectivity index (χ0n) is 9.24. The lowest BCUT2D eigenvalue weighted by molar-refractivity contribution is 0.401. The van der Waals surface area contributed by atoms with Gasteiger partial charge < -0.3 is 10.1 Å². The minimum Gasteiger partial charge on any atom is -0.480 e. The highest BCUT2D eigenvalue weighted by atomic mass is 31.1. The standard InChI is InChI=1S/C11H15N2OP/c1-5-8-12-9-6-7-10(15(3)4)13-11(9)14-2/h1,6-7,12H,8H2,2-4H3. The number of methoxy groups -OCH3 is 1. The van der Waals surface area contributed by atoms with Gasteiger partial charge in [-0.25, -0.2) is 4.98 Å². The molecule has 1 heterocycles. The molecule has 0 aromatic carbocycles. The lowest BCUT2D eigenvalue weighted by atomic mass is 10.4. The third-order valence-electron chi connectivity index (χ3n) is 1.88. The molecule has 0 aliphatic rings. The van der Waals surface area contributed by atoms with Gasteiger partial charge in [-0.1, -0.05) is 13.8 Å². The van der Waals surface area contributed by atoms with E-state index in [2.05, 4.69) is 29.6 Å². The smallest absolute Gasteiger partial charge is 0.237 e. The second kappa shape index (κ2) is 5.58. The van der Waals surface area contributed by atoms with E-state index in [0.717, 1.165) is 11.1 Å². The van der Waals surface area contributed by atoms with Gasteiger partial charge in [-0.3, -0.25) is 0 Å². The van der Waals surface area contributed by atoms with E-state index in [0.29, 0.717) is 12.4 Å². The SMILES string of the molecule is C#CCNc1ccc(P(C)C)nc1OC. The number of terminal acetylenes is 1. The highest BCUT2D eigenvalue weighted by Crippen LogP contribution is 2.26. The Kier molecular flexibility index (Phi) is 4.39. The molecule has 0 aliphatic carbocycles. The topological polar surface area (TPSA) is 34.2 Å². The summed E-state index contributed by atoms with van der Waals surface area (Å²) < 4.78 is 5.20. The van der Waals surface area contributed by atoms with Crippen LogP contribution in [-0.2, 0) is 0 Å². The van der Waals surface area contributed by atoms with Gasteiger partial charge in [-0.15, -0.1) is 6.42 Å². The zero-order valence-corrected chi connectivity index (χ0v) is 10.1. The fraction of sp³-hybridized carbons (Fsp3) is 0.364. The monoisotopic (exact) mass is 222 g/mol. The molecule has 4 heteroatoms. The van der Waals surface area contributed by atoms with Crippen molar-refractivity contribution >= 4 is 19.0 Å². The molecule has 3 nitrogen and oxygen atoms in total. The van der Waals surface area contributed by atoms with Crippen LogP contribution in [0.1, 0.15) is 0 Å². The van der Waals surface area contributed by atoms with Gasteiger partial charge in [-0.05, 0) is 25.5 Å². The number of nitrogens with zero attached hydrogens (tertiary/aromatic N) is 1. The molecule has 0 unspecified atom stereocenters. The molecule has 1 N–H and O–H groups in total. The first-order valence-electron chi connectivity index (χ1n) is 4.58. The van der Waals surface area contributed by atoms with Gasteiger partial charge in [0, 0.05) is 0 Å². The molecule has 0 radical (unpaired) electrons. The van der Waals surface area contributed by atoms with Crippen LogP contribution in [-0.4, -0.2) is 32.0 Å². The van der Waals surface area contributed by atoms with Gasteiger partial charge in [0.1, 0.15) is 0 Å². The quantitative estimate of drug-likeness (QED) is 0.619. The largest absolute Gasteiger partial charge is 0.480 e. The number of rotatable bonds is 4. The molecule has 1 aromatic rings. The summed E-state index contributed by atoms with van der Waals surface area (Å²) in [7, 11) is 1.41. The van der Waals surface area contributed by atoms with Crippen LogP contribution >= 0.6 is 7.92 Å². The van der Waals surface area contributed by atoms with Crippen molar-refractivity contribution in [2.75, 3.05) is 32.3 Å². The maximum atomic E-state index is 5.20. The third kappa shape index (κ3) is 3.11. The summed E-state index contributed by atoms with van der Waals surface area (Å²) in [5.74, 6) is 3.12. The molecule has 0 aliphatic heterocycles. The summed E-state index contributed by atoms with van der Waals surface area (Å²) in [5, 5.41) is 3.06. The lowest BCUT2D eigenvalue weighted by Gasteiger charge is -2.11. The molecule has 80 valence electrons. The molecule has 0 atom stereocenters. The number of hydrogen-bond donors (Lipinski definition) is 1. The summed E-state index contributed by atoms with van der Waals surface area (Å²) in [4.78, 5) is 4.42. The summed E-state index contributed by atoms with van der Waals surface area (Å²) in [6, 6.07) is 3.97. The fourth-order valence-corrected chi connectivity index (χ4v) is 1.78. The second-order valence-electron chi connectivity index (χ2n) is 3.18. The zero-order chi connectivity index (χ0) is 11.3. The van der Waals surface area contributed by atoms with Gasteiger partial charge in [0.25, 0.3) is 0 Å². The highest BCUT2D eigenvalue weighted by Gasteiger charge is 2.07. The Hall–Kier alpha value is -1.26. The van der Waals surface area contributed by atoms with Crippen molar-refractivity contribution in [3.63, 3.8) is 0 Å². The van der Waals surface area contributed by atoms with Gasteiger partial charge >= 0.3 is 0 Å². The minimum absolute atomic E-state index is 0.202. The molecule has 0 spiro atoms. The molecule has 0 fully saturated rings. The Morgan fingerprint density at radius 2 is 2.27 bits per heavy atom. The van der Waals surface area contributed by atoms with Crippen molar-refractivity contribution in [2.24, 2.45) is 0 Å². The molecule has 0 saturated carbocycles. The molecule has 1 aromatic heterocycles. The molecule has 1 rings (SSSR count). The van der Waals surface area contributed by atoms with Crippen LogP contribution < -0.4 is 15.5 Å². The first-order chi connectivity index (χ1) is 7.19. The Morgan fingerprint density at radius 1 is 1.53 bits per heavy atom. The van der Waals surface area contributed by atoms with Crippen LogP contribution in [0.15, 0.2) is 12.1 Å². The second-order valence-corrected chi connectivity index (χ2v) is 5.43. The summed E-state index contributed by atoms with van der Waals surface area (Å²) in [6.07, 6.45) is 5.18. The lowest BCUT2D eigenvalue weighted by Crippen LogP contribution is -2.10. The van der Waals surface area contributed by atoms with Crippen molar-refractivity contribution in [1.82, 2.24) is 4.98 Å². The maximum absolute atomic E-state index is 5.20. The summed E-state index contributed by atoms with van der Waals surface area (Å²) in [6.45, 7) is 4.79. The molecule has 15 heavy (non-hydrogen) atoms. The van der Waals surface area contributed by atoms with Crippen LogP contribution in [0, 0.1) is 12.3 Å². The van der Waals surface area contributed by atoms with Crippen LogP contribution in [0.3, 0.4) is 0 Å². The number of aromatic nitrogens is 1. The number of nitrogens with one attached hydrogen (secondary N) is 1. The van der Waals surface area contributed by atoms with E-state index >= 15 is 0 Å². The van der Waals surface area contributed by atoms with Crippen molar-refractivity contribution in [2.45, 2.75) is 0 Å². The van der Waals surface area contributed by atoms with E-state index in [4.69, 9.17) is 11.2 Å². The first-order valence-corrected chi connectivity index (χ1v) is 6.82. The average molecular weight is 222 g/mol. The van der Waals surface area contributed by atoms with E-state index < -0.39 is 0 Å². The Morgan fingerprint density at radius 3 is 2.80 bits per heavy atom. The minimum atomic E-state index is -0.202. The van der Waals surface area contributed by atoms with Crippen molar-refractivity contribution < 1.29 is 4.74 Å². The Labute approximate surface area is 92.0 Å². The summed E-state index contributed by atoms with van der Waals surface area (Å²) in [5.41, 5.74) is 1.92. The van der Waals surface area contributed by atoms with Gasteiger partial charge in [0.15, 0.2) is 0 Å². The number of ether oxygens (including phenoxy) is 1.